The molecule has 0 aliphatic heterocycles. The van der Waals surface area contributed by atoms with Crippen LogP contribution < -0.4 is 15.0 Å². The summed E-state index contributed by atoms with van der Waals surface area (Å²) in [6.07, 6.45) is 0. The Hall–Kier alpha value is -3.27. The summed E-state index contributed by atoms with van der Waals surface area (Å²) in [5, 5.41) is 3.17. The Kier molecular flexibility index (Phi) is 6.10. The summed E-state index contributed by atoms with van der Waals surface area (Å²) in [5.41, 5.74) is 3.06. The van der Waals surface area contributed by atoms with E-state index >= 15 is 0 Å². The Balaban J connectivity index is 1.77. The number of anilines is 1. The number of methoxy groups -OCH3 is 1. The van der Waals surface area contributed by atoms with Gasteiger partial charge in [0, 0.05) is 12.7 Å². The Labute approximate surface area is 160 Å². The molecule has 3 rings (SSSR count). The summed E-state index contributed by atoms with van der Waals surface area (Å²) in [4.78, 5) is 14.7. The number of nitrogens with zero attached hydrogens (tertiary/aromatic N) is 1. The zero-order chi connectivity index (χ0) is 19.1. The standard InChI is InChI=1S/C23H24N2O2/c1-25(20-11-7-4-8-12-20)17-22(26)24-23(18-9-5-3-6-10-18)19-13-15-21(27-2)16-14-19/h3-16,23H,17H2,1-2H3,(H,24,26)/t23-/m0/s1. The number of hydrogen-bond donors (Lipinski definition) is 1. The van der Waals surface area contributed by atoms with Crippen molar-refractivity contribution in [3.8, 4) is 5.75 Å². The molecule has 4 nitrogen and oxygen atoms in total. The zero-order valence-corrected chi connectivity index (χ0v) is 15.6. The molecule has 0 saturated carbocycles. The Morgan fingerprint density at radius 3 is 2.04 bits per heavy atom. The van der Waals surface area contributed by atoms with E-state index in [1.54, 1.807) is 7.11 Å². The topological polar surface area (TPSA) is 41.6 Å². The number of ether oxygens (including phenoxy) is 1. The number of carbonyl (C=O) groups is 1. The Morgan fingerprint density at radius 2 is 1.44 bits per heavy atom. The van der Waals surface area contributed by atoms with Gasteiger partial charge in [-0.25, -0.2) is 0 Å². The van der Waals surface area contributed by atoms with Crippen LogP contribution in [0.2, 0.25) is 0 Å². The van der Waals surface area contributed by atoms with Gasteiger partial charge in [0.1, 0.15) is 5.75 Å². The number of carbonyl (C=O) groups excluding carboxylic acids is 1. The quantitative estimate of drug-likeness (QED) is 0.691. The summed E-state index contributed by atoms with van der Waals surface area (Å²) in [7, 11) is 3.56. The van der Waals surface area contributed by atoms with Crippen molar-refractivity contribution in [2.45, 2.75) is 6.04 Å². The molecule has 0 aliphatic carbocycles. The summed E-state index contributed by atoms with van der Waals surface area (Å²) in [6.45, 7) is 0.281. The molecule has 1 atom stereocenters. The fraction of sp³-hybridized carbons (Fsp3) is 0.174. The number of para-hydroxylation sites is 1. The molecule has 27 heavy (non-hydrogen) atoms. The predicted octanol–water partition coefficient (Wildman–Crippen LogP) is 4.04. The van der Waals surface area contributed by atoms with Gasteiger partial charge < -0.3 is 15.0 Å². The molecule has 1 N–H and O–H groups in total. The highest BCUT2D eigenvalue weighted by atomic mass is 16.5. The van der Waals surface area contributed by atoms with E-state index < -0.39 is 0 Å². The van der Waals surface area contributed by atoms with Crippen molar-refractivity contribution in [3.63, 3.8) is 0 Å². The lowest BCUT2D eigenvalue weighted by Gasteiger charge is -2.23. The molecular formula is C23H24N2O2. The third kappa shape index (κ3) is 4.88. The molecular weight excluding hydrogens is 336 g/mol. The van der Waals surface area contributed by atoms with Crippen molar-refractivity contribution in [1.82, 2.24) is 5.32 Å². The minimum absolute atomic E-state index is 0.0361. The van der Waals surface area contributed by atoms with Gasteiger partial charge in [0.25, 0.3) is 0 Å². The van der Waals surface area contributed by atoms with Gasteiger partial charge in [-0.3, -0.25) is 4.79 Å². The lowest BCUT2D eigenvalue weighted by Crippen LogP contribution is -2.37. The molecule has 0 aliphatic rings. The monoisotopic (exact) mass is 360 g/mol. The van der Waals surface area contributed by atoms with Crippen LogP contribution in [0.4, 0.5) is 5.69 Å². The fourth-order valence-corrected chi connectivity index (χ4v) is 3.00. The van der Waals surface area contributed by atoms with Gasteiger partial charge in [0.15, 0.2) is 0 Å². The molecule has 1 amide bonds. The number of benzene rings is 3. The van der Waals surface area contributed by atoms with Gasteiger partial charge in [-0.15, -0.1) is 0 Å². The first-order chi connectivity index (χ1) is 13.2. The molecule has 4 heteroatoms. The number of rotatable bonds is 7. The molecule has 0 aromatic heterocycles. The van der Waals surface area contributed by atoms with E-state index in [1.165, 1.54) is 0 Å². The second-order valence-electron chi connectivity index (χ2n) is 6.38. The SMILES string of the molecule is COc1ccc([C@@H](NC(=O)CN(C)c2ccccc2)c2ccccc2)cc1. The number of hydrogen-bond acceptors (Lipinski definition) is 3. The van der Waals surface area contributed by atoms with Crippen LogP contribution in [0.1, 0.15) is 17.2 Å². The van der Waals surface area contributed by atoms with Gasteiger partial charge >= 0.3 is 0 Å². The van der Waals surface area contributed by atoms with Crippen molar-refractivity contribution < 1.29 is 9.53 Å². The van der Waals surface area contributed by atoms with Crippen LogP contribution in [-0.2, 0) is 4.79 Å². The smallest absolute Gasteiger partial charge is 0.240 e. The predicted molar refractivity (Wildman–Crippen MR) is 109 cm³/mol. The number of nitrogens with one attached hydrogen (secondary N) is 1. The summed E-state index contributed by atoms with van der Waals surface area (Å²) in [5.74, 6) is 0.756. The van der Waals surface area contributed by atoms with E-state index in [1.807, 2.05) is 96.9 Å². The normalized spacial score (nSPS) is 11.5. The van der Waals surface area contributed by atoms with Gasteiger partial charge in [0.2, 0.25) is 5.91 Å². The number of amides is 1. The minimum Gasteiger partial charge on any atom is -0.497 e. The van der Waals surface area contributed by atoms with Gasteiger partial charge in [-0.2, -0.15) is 0 Å². The van der Waals surface area contributed by atoms with Crippen LogP contribution in [0.25, 0.3) is 0 Å². The molecule has 3 aromatic rings. The van der Waals surface area contributed by atoms with Crippen LogP contribution in [0.15, 0.2) is 84.9 Å². The molecule has 0 radical (unpaired) electrons. The van der Waals surface area contributed by atoms with Gasteiger partial charge in [-0.05, 0) is 35.4 Å². The molecule has 0 bridgehead atoms. The average Bonchev–Trinajstić information content (AvgIpc) is 2.73. The first-order valence-corrected chi connectivity index (χ1v) is 8.92. The van der Waals surface area contributed by atoms with Crippen LogP contribution in [0.3, 0.4) is 0 Å². The molecule has 0 saturated heterocycles. The van der Waals surface area contributed by atoms with Crippen LogP contribution in [0, 0.1) is 0 Å². The van der Waals surface area contributed by atoms with Gasteiger partial charge in [-0.1, -0.05) is 60.7 Å². The fourth-order valence-electron chi connectivity index (χ4n) is 3.00. The second kappa shape index (κ2) is 8.90. The summed E-state index contributed by atoms with van der Waals surface area (Å²) < 4.78 is 5.24. The van der Waals surface area contributed by atoms with E-state index in [9.17, 15) is 4.79 Å². The zero-order valence-electron chi connectivity index (χ0n) is 15.6. The van der Waals surface area contributed by atoms with Crippen LogP contribution >= 0.6 is 0 Å². The average molecular weight is 360 g/mol. The molecule has 0 unspecified atom stereocenters. The highest BCUT2D eigenvalue weighted by molar-refractivity contribution is 5.82. The molecule has 0 spiro atoms. The maximum absolute atomic E-state index is 12.7. The molecule has 3 aromatic carbocycles. The second-order valence-corrected chi connectivity index (χ2v) is 6.38. The lowest BCUT2D eigenvalue weighted by atomic mass is 9.98. The van der Waals surface area contributed by atoms with Crippen molar-refractivity contribution >= 4 is 11.6 Å². The van der Waals surface area contributed by atoms with E-state index in [0.717, 1.165) is 22.6 Å². The van der Waals surface area contributed by atoms with Crippen molar-refractivity contribution in [2.24, 2.45) is 0 Å². The first-order valence-electron chi connectivity index (χ1n) is 8.92. The Bertz CT molecular complexity index is 849. The summed E-state index contributed by atoms with van der Waals surface area (Å²) in [6, 6.07) is 27.4. The third-order valence-corrected chi connectivity index (χ3v) is 4.47. The largest absolute Gasteiger partial charge is 0.497 e. The van der Waals surface area contributed by atoms with Crippen molar-refractivity contribution in [3.05, 3.63) is 96.1 Å². The minimum atomic E-state index is -0.214. The van der Waals surface area contributed by atoms with E-state index in [2.05, 4.69) is 5.32 Å². The maximum Gasteiger partial charge on any atom is 0.240 e. The third-order valence-electron chi connectivity index (χ3n) is 4.47. The first kappa shape index (κ1) is 18.5. The molecule has 138 valence electrons. The van der Waals surface area contributed by atoms with Crippen LogP contribution in [0.5, 0.6) is 5.75 Å². The van der Waals surface area contributed by atoms with Crippen molar-refractivity contribution in [2.75, 3.05) is 25.6 Å². The highest BCUT2D eigenvalue weighted by Gasteiger charge is 2.18. The van der Waals surface area contributed by atoms with Crippen molar-refractivity contribution in [1.29, 1.82) is 0 Å². The van der Waals surface area contributed by atoms with Crippen LogP contribution in [-0.4, -0.2) is 26.6 Å². The van der Waals surface area contributed by atoms with E-state index in [0.29, 0.717) is 0 Å². The van der Waals surface area contributed by atoms with E-state index in [4.69, 9.17) is 4.74 Å². The van der Waals surface area contributed by atoms with Gasteiger partial charge in [0.05, 0.1) is 19.7 Å². The maximum atomic E-state index is 12.7. The number of likely N-dealkylation sites (N-methyl/N-ethyl adjacent to an activating group) is 1. The Morgan fingerprint density at radius 1 is 0.889 bits per heavy atom. The molecule has 0 fully saturated rings. The molecule has 0 heterocycles. The summed E-state index contributed by atoms with van der Waals surface area (Å²) >= 11 is 0. The highest BCUT2D eigenvalue weighted by Crippen LogP contribution is 2.24. The lowest BCUT2D eigenvalue weighted by molar-refractivity contribution is -0.120. The van der Waals surface area contributed by atoms with E-state index in [-0.39, 0.29) is 18.5 Å².